The molecule has 6 heteroatoms. The van der Waals surface area contributed by atoms with Gasteiger partial charge in [-0.15, -0.1) is 0 Å². The zero-order valence-electron chi connectivity index (χ0n) is 14.9. The topological polar surface area (TPSA) is 68.5 Å². The maximum Gasteiger partial charge on any atom is 0.339 e. The quantitative estimate of drug-likeness (QED) is 0.835. The maximum absolute atomic E-state index is 12.3. The molecule has 1 aliphatic carbocycles. The standard InChI is InChI=1S/C20H23NO4S/c1-12-17(24-10-18(22)21-13-8-9-26-11-13)7-6-15-14-4-2-3-5-16(14)20(23)25-19(12)15/h6-7,13H,2-5,8-11H2,1H3,(H,21,22). The van der Waals surface area contributed by atoms with Gasteiger partial charge in [-0.05, 0) is 62.5 Å². The van der Waals surface area contributed by atoms with Crippen molar-refractivity contribution in [2.75, 3.05) is 18.1 Å². The first-order chi connectivity index (χ1) is 12.6. The molecule has 0 spiro atoms. The third-order valence-corrected chi connectivity index (χ3v) is 6.41. The first-order valence-electron chi connectivity index (χ1n) is 9.21. The summed E-state index contributed by atoms with van der Waals surface area (Å²) < 4.78 is 11.3. The summed E-state index contributed by atoms with van der Waals surface area (Å²) in [4.78, 5) is 24.4. The fourth-order valence-electron chi connectivity index (χ4n) is 3.84. The molecule has 1 fully saturated rings. The number of fused-ring (bicyclic) bond motifs is 3. The van der Waals surface area contributed by atoms with Gasteiger partial charge in [-0.2, -0.15) is 11.8 Å². The van der Waals surface area contributed by atoms with Crippen LogP contribution in [0.15, 0.2) is 21.3 Å². The van der Waals surface area contributed by atoms with Gasteiger partial charge in [0.25, 0.3) is 5.91 Å². The third kappa shape index (κ3) is 3.34. The van der Waals surface area contributed by atoms with Crippen LogP contribution in [0.3, 0.4) is 0 Å². The molecule has 5 nitrogen and oxygen atoms in total. The van der Waals surface area contributed by atoms with Gasteiger partial charge in [0, 0.05) is 28.3 Å². The Morgan fingerprint density at radius 2 is 2.12 bits per heavy atom. The minimum atomic E-state index is -0.232. The number of nitrogens with one attached hydrogen (secondary N) is 1. The number of carbonyl (C=O) groups is 1. The Hall–Kier alpha value is -1.95. The highest BCUT2D eigenvalue weighted by molar-refractivity contribution is 7.99. The molecule has 26 heavy (non-hydrogen) atoms. The molecule has 1 unspecified atom stereocenters. The molecule has 1 aromatic heterocycles. The summed E-state index contributed by atoms with van der Waals surface area (Å²) in [6.07, 6.45) is 4.87. The average Bonchev–Trinajstić information content (AvgIpc) is 3.15. The first-order valence-corrected chi connectivity index (χ1v) is 10.4. The zero-order valence-corrected chi connectivity index (χ0v) is 15.7. The molecular weight excluding hydrogens is 350 g/mol. The normalized spacial score (nSPS) is 19.3. The summed E-state index contributed by atoms with van der Waals surface area (Å²) in [6, 6.07) is 4.08. The minimum Gasteiger partial charge on any atom is -0.483 e. The summed E-state index contributed by atoms with van der Waals surface area (Å²) in [5, 5.41) is 3.99. The summed E-state index contributed by atoms with van der Waals surface area (Å²) in [5.41, 5.74) is 3.07. The fourth-order valence-corrected chi connectivity index (χ4v) is 4.99. The van der Waals surface area contributed by atoms with E-state index in [4.69, 9.17) is 9.15 Å². The SMILES string of the molecule is Cc1c(OCC(=O)NC2CCSC2)ccc2c3c(c(=O)oc12)CCCC3. The number of aryl methyl sites for hydroxylation is 2. The Bertz CT molecular complexity index is 899. The molecule has 1 aromatic carbocycles. The Balaban J connectivity index is 1.55. The third-order valence-electron chi connectivity index (χ3n) is 5.24. The second kappa shape index (κ2) is 7.35. The van der Waals surface area contributed by atoms with Crippen molar-refractivity contribution in [3.8, 4) is 5.75 Å². The number of hydrogen-bond donors (Lipinski definition) is 1. The molecule has 0 saturated carbocycles. The highest BCUT2D eigenvalue weighted by Gasteiger charge is 2.21. The average molecular weight is 373 g/mol. The second-order valence-corrected chi connectivity index (χ2v) is 8.19. The van der Waals surface area contributed by atoms with E-state index < -0.39 is 0 Å². The van der Waals surface area contributed by atoms with Crippen LogP contribution < -0.4 is 15.7 Å². The first kappa shape index (κ1) is 17.5. The lowest BCUT2D eigenvalue weighted by molar-refractivity contribution is -0.123. The van der Waals surface area contributed by atoms with Gasteiger partial charge in [-0.25, -0.2) is 4.79 Å². The maximum atomic E-state index is 12.3. The van der Waals surface area contributed by atoms with Crippen LogP contribution in [0.2, 0.25) is 0 Å². The van der Waals surface area contributed by atoms with E-state index in [-0.39, 0.29) is 24.2 Å². The number of thioether (sulfide) groups is 1. The Morgan fingerprint density at radius 3 is 2.88 bits per heavy atom. The number of ether oxygens (including phenoxy) is 1. The summed E-state index contributed by atoms with van der Waals surface area (Å²) >= 11 is 1.86. The molecule has 1 atom stereocenters. The molecule has 2 aromatic rings. The minimum absolute atomic E-state index is 0.0251. The summed E-state index contributed by atoms with van der Waals surface area (Å²) in [6.45, 7) is 1.85. The van der Waals surface area contributed by atoms with Crippen LogP contribution in [-0.2, 0) is 17.6 Å². The fraction of sp³-hybridized carbons (Fsp3) is 0.500. The van der Waals surface area contributed by atoms with Gasteiger partial charge >= 0.3 is 5.63 Å². The van der Waals surface area contributed by atoms with Crippen LogP contribution in [0.5, 0.6) is 5.75 Å². The van der Waals surface area contributed by atoms with Crippen molar-refractivity contribution in [1.29, 1.82) is 0 Å². The predicted octanol–water partition coefficient (Wildman–Crippen LogP) is 2.98. The van der Waals surface area contributed by atoms with Gasteiger partial charge in [0.05, 0.1) is 0 Å². The molecule has 2 aliphatic rings. The van der Waals surface area contributed by atoms with Crippen molar-refractivity contribution in [1.82, 2.24) is 5.32 Å². The molecule has 138 valence electrons. The lowest BCUT2D eigenvalue weighted by atomic mass is 9.90. The molecule has 1 aliphatic heterocycles. The summed E-state index contributed by atoms with van der Waals surface area (Å²) in [7, 11) is 0. The predicted molar refractivity (Wildman–Crippen MR) is 103 cm³/mol. The lowest BCUT2D eigenvalue weighted by Gasteiger charge is -2.18. The van der Waals surface area contributed by atoms with E-state index >= 15 is 0 Å². The van der Waals surface area contributed by atoms with E-state index in [1.54, 1.807) is 0 Å². The van der Waals surface area contributed by atoms with Gasteiger partial charge in [-0.3, -0.25) is 4.79 Å². The van der Waals surface area contributed by atoms with Gasteiger partial charge in [0.1, 0.15) is 11.3 Å². The number of carbonyl (C=O) groups excluding carboxylic acids is 1. The van der Waals surface area contributed by atoms with Crippen molar-refractivity contribution in [2.45, 2.75) is 45.1 Å². The molecular formula is C20H23NO4S. The molecule has 2 heterocycles. The monoisotopic (exact) mass is 373 g/mol. The number of amides is 1. The summed E-state index contributed by atoms with van der Waals surface area (Å²) in [5.74, 6) is 2.55. The van der Waals surface area contributed by atoms with Gasteiger partial charge in [0.2, 0.25) is 0 Å². The number of benzene rings is 1. The van der Waals surface area contributed by atoms with Gasteiger partial charge < -0.3 is 14.5 Å². The largest absolute Gasteiger partial charge is 0.483 e. The molecule has 1 amide bonds. The van der Waals surface area contributed by atoms with E-state index in [9.17, 15) is 9.59 Å². The lowest BCUT2D eigenvalue weighted by Crippen LogP contribution is -2.37. The van der Waals surface area contributed by atoms with Crippen LogP contribution in [0, 0.1) is 6.92 Å². The van der Waals surface area contributed by atoms with Crippen LogP contribution in [0.25, 0.3) is 11.0 Å². The molecule has 4 rings (SSSR count). The van der Waals surface area contributed by atoms with E-state index in [2.05, 4.69) is 5.32 Å². The van der Waals surface area contributed by atoms with Crippen molar-refractivity contribution in [3.63, 3.8) is 0 Å². The molecule has 0 bridgehead atoms. The number of hydrogen-bond acceptors (Lipinski definition) is 5. The van der Waals surface area contributed by atoms with E-state index in [1.807, 2.05) is 30.8 Å². The highest BCUT2D eigenvalue weighted by atomic mass is 32.2. The van der Waals surface area contributed by atoms with Gasteiger partial charge in [0.15, 0.2) is 6.61 Å². The molecule has 1 saturated heterocycles. The van der Waals surface area contributed by atoms with E-state index in [0.29, 0.717) is 11.3 Å². The van der Waals surface area contributed by atoms with Crippen LogP contribution >= 0.6 is 11.8 Å². The highest BCUT2D eigenvalue weighted by Crippen LogP contribution is 2.32. The van der Waals surface area contributed by atoms with Crippen LogP contribution in [-0.4, -0.2) is 30.1 Å². The van der Waals surface area contributed by atoms with E-state index in [0.717, 1.165) is 65.7 Å². The zero-order chi connectivity index (χ0) is 18.1. The van der Waals surface area contributed by atoms with Crippen molar-refractivity contribution in [3.05, 3.63) is 39.2 Å². The Morgan fingerprint density at radius 1 is 1.31 bits per heavy atom. The van der Waals surface area contributed by atoms with Crippen molar-refractivity contribution >= 4 is 28.6 Å². The smallest absolute Gasteiger partial charge is 0.339 e. The Kier molecular flexibility index (Phi) is 4.94. The van der Waals surface area contributed by atoms with Crippen molar-refractivity contribution in [2.24, 2.45) is 0 Å². The van der Waals surface area contributed by atoms with Gasteiger partial charge in [-0.1, -0.05) is 0 Å². The Labute approximate surface area is 156 Å². The number of rotatable bonds is 4. The van der Waals surface area contributed by atoms with E-state index in [1.165, 1.54) is 0 Å². The molecule has 0 radical (unpaired) electrons. The second-order valence-electron chi connectivity index (χ2n) is 7.04. The van der Waals surface area contributed by atoms with Crippen molar-refractivity contribution < 1.29 is 13.9 Å². The van der Waals surface area contributed by atoms with Crippen LogP contribution in [0.1, 0.15) is 36.0 Å². The van der Waals surface area contributed by atoms with Crippen LogP contribution in [0.4, 0.5) is 0 Å². The molecule has 1 N–H and O–H groups in total.